The Kier molecular flexibility index (Phi) is 8.13. The van der Waals surface area contributed by atoms with Crippen molar-refractivity contribution in [3.8, 4) is 11.5 Å². The number of hydrogen-bond donors (Lipinski definition) is 0. The molecule has 0 spiro atoms. The molecule has 3 atom stereocenters. The van der Waals surface area contributed by atoms with Crippen LogP contribution in [0.2, 0.25) is 5.02 Å². The molecule has 0 fully saturated rings. The largest absolute Gasteiger partial charge is 0.497 e. The van der Waals surface area contributed by atoms with E-state index in [2.05, 4.69) is 0 Å². The van der Waals surface area contributed by atoms with Crippen molar-refractivity contribution in [2.75, 3.05) is 20.3 Å². The number of Topliss-reactive ketones (excluding diaryl/α,β-unsaturated/α-hetero) is 1. The minimum absolute atomic E-state index is 0.00494. The average Bonchev–Trinajstić information content (AvgIpc) is 2.95. The molecular formula is C32H30ClNO5. The number of halogens is 1. The molecule has 0 N–H and O–H groups in total. The summed E-state index contributed by atoms with van der Waals surface area (Å²) in [7, 11) is 1.60. The summed E-state index contributed by atoms with van der Waals surface area (Å²) in [5.41, 5.74) is 3.80. The number of para-hydroxylation sites is 1. The number of nitrogens with zero attached hydrogens (tertiary/aromatic N) is 1. The zero-order chi connectivity index (χ0) is 27.4. The maximum Gasteiger partial charge on any atom is 0.315 e. The van der Waals surface area contributed by atoms with Crippen molar-refractivity contribution in [3.05, 3.63) is 106 Å². The first-order chi connectivity index (χ1) is 18.9. The predicted octanol–water partition coefficient (Wildman–Crippen LogP) is 6.55. The molecule has 200 valence electrons. The van der Waals surface area contributed by atoms with Crippen molar-refractivity contribution in [1.82, 2.24) is 0 Å². The number of esters is 1. The Balaban J connectivity index is 1.43. The lowest BCUT2D eigenvalue weighted by molar-refractivity contribution is -0.147. The third-order valence-corrected chi connectivity index (χ3v) is 7.53. The molecule has 2 aliphatic rings. The van der Waals surface area contributed by atoms with Crippen LogP contribution in [0.3, 0.4) is 0 Å². The fourth-order valence-corrected chi connectivity index (χ4v) is 5.56. The Morgan fingerprint density at radius 3 is 2.41 bits per heavy atom. The van der Waals surface area contributed by atoms with Crippen LogP contribution in [-0.2, 0) is 14.3 Å². The SMILES string of the molecule is COc1cccc([C@@H]2C3=C(C[C@H](c4ccc(Cl)cc4)CC3=O)N=C(C)C2C(=O)OCCOc2ccccc2)c1. The van der Waals surface area contributed by atoms with Crippen LogP contribution in [0.25, 0.3) is 0 Å². The zero-order valence-corrected chi connectivity index (χ0v) is 22.7. The van der Waals surface area contributed by atoms with E-state index in [0.29, 0.717) is 40.6 Å². The summed E-state index contributed by atoms with van der Waals surface area (Å²) in [6.45, 7) is 2.14. The number of hydrogen-bond acceptors (Lipinski definition) is 6. The van der Waals surface area contributed by atoms with Gasteiger partial charge in [0.2, 0.25) is 0 Å². The van der Waals surface area contributed by atoms with Crippen molar-refractivity contribution >= 4 is 29.1 Å². The third kappa shape index (κ3) is 5.91. The van der Waals surface area contributed by atoms with Gasteiger partial charge in [-0.3, -0.25) is 14.6 Å². The Bertz CT molecular complexity index is 1410. The second-order valence-corrected chi connectivity index (χ2v) is 10.2. The number of benzene rings is 3. The fourth-order valence-electron chi connectivity index (χ4n) is 5.44. The summed E-state index contributed by atoms with van der Waals surface area (Å²) < 4.78 is 16.8. The summed E-state index contributed by atoms with van der Waals surface area (Å²) in [5.74, 6) is -0.339. The Morgan fingerprint density at radius 1 is 0.923 bits per heavy atom. The quantitative estimate of drug-likeness (QED) is 0.238. The molecule has 0 amide bonds. The van der Waals surface area contributed by atoms with E-state index in [0.717, 1.165) is 16.8 Å². The average molecular weight is 544 g/mol. The van der Waals surface area contributed by atoms with E-state index in [4.69, 9.17) is 30.8 Å². The fraction of sp³-hybridized carbons (Fsp3) is 0.281. The highest BCUT2D eigenvalue weighted by molar-refractivity contribution is 6.30. The third-order valence-electron chi connectivity index (χ3n) is 7.28. The van der Waals surface area contributed by atoms with Gasteiger partial charge in [-0.05, 0) is 66.8 Å². The molecule has 7 heteroatoms. The molecule has 1 aliphatic carbocycles. The van der Waals surface area contributed by atoms with Gasteiger partial charge in [0.15, 0.2) is 5.78 Å². The van der Waals surface area contributed by atoms with Crippen molar-refractivity contribution in [3.63, 3.8) is 0 Å². The number of carbonyl (C=O) groups excluding carboxylic acids is 2. The number of carbonyl (C=O) groups is 2. The molecule has 0 saturated carbocycles. The lowest BCUT2D eigenvalue weighted by Crippen LogP contribution is -2.38. The monoisotopic (exact) mass is 543 g/mol. The summed E-state index contributed by atoms with van der Waals surface area (Å²) in [4.78, 5) is 32.1. The van der Waals surface area contributed by atoms with Crippen LogP contribution in [0.1, 0.15) is 42.7 Å². The van der Waals surface area contributed by atoms with Gasteiger partial charge in [0.05, 0.1) is 7.11 Å². The van der Waals surface area contributed by atoms with Crippen LogP contribution >= 0.6 is 11.6 Å². The molecule has 0 radical (unpaired) electrons. The first-order valence-corrected chi connectivity index (χ1v) is 13.4. The minimum atomic E-state index is -0.733. The highest BCUT2D eigenvalue weighted by atomic mass is 35.5. The summed E-state index contributed by atoms with van der Waals surface area (Å²) in [5, 5.41) is 0.654. The smallest absolute Gasteiger partial charge is 0.315 e. The summed E-state index contributed by atoms with van der Waals surface area (Å²) in [6.07, 6.45) is 0.940. The highest BCUT2D eigenvalue weighted by Crippen LogP contribution is 2.47. The van der Waals surface area contributed by atoms with Crippen molar-refractivity contribution in [1.29, 1.82) is 0 Å². The lowest BCUT2D eigenvalue weighted by atomic mass is 9.69. The Labute approximate surface area is 233 Å². The molecule has 3 aromatic carbocycles. The van der Waals surface area contributed by atoms with Crippen molar-refractivity contribution in [2.24, 2.45) is 10.9 Å². The van der Waals surface area contributed by atoms with Gasteiger partial charge in [-0.15, -0.1) is 0 Å². The predicted molar refractivity (Wildman–Crippen MR) is 151 cm³/mol. The van der Waals surface area contributed by atoms with Gasteiger partial charge in [-0.25, -0.2) is 0 Å². The van der Waals surface area contributed by atoms with Gasteiger partial charge in [-0.1, -0.05) is 54.1 Å². The maximum atomic E-state index is 13.8. The van der Waals surface area contributed by atoms with Gasteiger partial charge in [0.25, 0.3) is 0 Å². The molecule has 1 unspecified atom stereocenters. The zero-order valence-electron chi connectivity index (χ0n) is 21.9. The number of allylic oxidation sites excluding steroid dienone is 2. The van der Waals surface area contributed by atoms with E-state index in [1.807, 2.05) is 85.8 Å². The lowest BCUT2D eigenvalue weighted by Gasteiger charge is -2.36. The molecule has 6 nitrogen and oxygen atoms in total. The van der Waals surface area contributed by atoms with Gasteiger partial charge in [0.1, 0.15) is 30.6 Å². The van der Waals surface area contributed by atoms with Crippen molar-refractivity contribution in [2.45, 2.75) is 31.6 Å². The number of ketones is 1. The molecule has 39 heavy (non-hydrogen) atoms. The van der Waals surface area contributed by atoms with Gasteiger partial charge in [-0.2, -0.15) is 0 Å². The van der Waals surface area contributed by atoms with E-state index in [9.17, 15) is 9.59 Å². The van der Waals surface area contributed by atoms with Crippen LogP contribution < -0.4 is 9.47 Å². The maximum absolute atomic E-state index is 13.8. The normalized spacial score (nSPS) is 20.6. The van der Waals surface area contributed by atoms with E-state index < -0.39 is 17.8 Å². The number of methoxy groups -OCH3 is 1. The van der Waals surface area contributed by atoms with Gasteiger partial charge < -0.3 is 14.2 Å². The summed E-state index contributed by atoms with van der Waals surface area (Å²) in [6, 6.07) is 24.5. The van der Waals surface area contributed by atoms with Gasteiger partial charge in [0, 0.05) is 34.3 Å². The van der Waals surface area contributed by atoms with Gasteiger partial charge >= 0.3 is 5.97 Å². The van der Waals surface area contributed by atoms with Crippen LogP contribution in [0, 0.1) is 5.92 Å². The number of rotatable bonds is 8. The van der Waals surface area contributed by atoms with Crippen molar-refractivity contribution < 1.29 is 23.8 Å². The summed E-state index contributed by atoms with van der Waals surface area (Å²) >= 11 is 6.08. The molecule has 1 heterocycles. The van der Waals surface area contributed by atoms with E-state index >= 15 is 0 Å². The first kappa shape index (κ1) is 26.7. The second kappa shape index (κ2) is 11.9. The minimum Gasteiger partial charge on any atom is -0.497 e. The molecule has 5 rings (SSSR count). The molecule has 1 aliphatic heterocycles. The van der Waals surface area contributed by atoms with Crippen LogP contribution in [0.4, 0.5) is 0 Å². The standard InChI is InChI=1S/C32H30ClNO5/c1-20-29(32(36)39-16-15-38-25-8-4-3-5-9-25)30(22-7-6-10-26(17-22)37-2)31-27(34-20)18-23(19-28(31)35)21-11-13-24(33)14-12-21/h3-14,17,23,29-30H,15-16,18-19H2,1-2H3/t23-,29?,30-/m0/s1. The number of aliphatic imine (C=N–C) groups is 1. The highest BCUT2D eigenvalue weighted by Gasteiger charge is 2.44. The van der Waals surface area contributed by atoms with Crippen LogP contribution in [0.5, 0.6) is 11.5 Å². The van der Waals surface area contributed by atoms with Crippen LogP contribution in [-0.4, -0.2) is 37.8 Å². The van der Waals surface area contributed by atoms with E-state index in [1.54, 1.807) is 7.11 Å². The topological polar surface area (TPSA) is 74.2 Å². The number of ether oxygens (including phenoxy) is 3. The Hall–Kier alpha value is -3.90. The first-order valence-electron chi connectivity index (χ1n) is 13.0. The molecular weight excluding hydrogens is 514 g/mol. The molecule has 3 aromatic rings. The Morgan fingerprint density at radius 2 is 1.67 bits per heavy atom. The molecule has 0 aromatic heterocycles. The van der Waals surface area contributed by atoms with Crippen LogP contribution in [0.15, 0.2) is 95.1 Å². The molecule has 0 bridgehead atoms. The van der Waals surface area contributed by atoms with E-state index in [1.165, 1.54) is 0 Å². The second-order valence-electron chi connectivity index (χ2n) is 9.75. The molecule has 0 saturated heterocycles. The van der Waals surface area contributed by atoms with E-state index in [-0.39, 0.29) is 24.9 Å².